The molecule has 3 nitrogen and oxygen atoms in total. The summed E-state index contributed by atoms with van der Waals surface area (Å²) in [6.07, 6.45) is 3.82. The predicted octanol–water partition coefficient (Wildman–Crippen LogP) is 2.37. The van der Waals surface area contributed by atoms with E-state index in [1.54, 1.807) is 0 Å². The SMILES string of the molecule is CCCOC1C(Br)CC1OCC1CCOC1. The first kappa shape index (κ1) is 12.8. The summed E-state index contributed by atoms with van der Waals surface area (Å²) in [5.74, 6) is 0.598. The molecule has 1 saturated carbocycles. The van der Waals surface area contributed by atoms with Gasteiger partial charge in [0.15, 0.2) is 0 Å². The number of rotatable bonds is 6. The molecular weight excluding hydrogens is 272 g/mol. The third kappa shape index (κ3) is 3.19. The van der Waals surface area contributed by atoms with Crippen LogP contribution < -0.4 is 0 Å². The minimum absolute atomic E-state index is 0.252. The number of ether oxygens (including phenoxy) is 3. The van der Waals surface area contributed by atoms with E-state index in [0.717, 1.165) is 45.7 Å². The van der Waals surface area contributed by atoms with Crippen molar-refractivity contribution in [3.63, 3.8) is 0 Å². The minimum Gasteiger partial charge on any atom is -0.381 e. The summed E-state index contributed by atoms with van der Waals surface area (Å²) in [6, 6.07) is 0. The second kappa shape index (κ2) is 6.34. The molecule has 0 aromatic heterocycles. The number of alkyl halides is 1. The highest BCUT2D eigenvalue weighted by Crippen LogP contribution is 2.34. The van der Waals surface area contributed by atoms with Gasteiger partial charge >= 0.3 is 0 Å². The molecule has 1 aliphatic heterocycles. The summed E-state index contributed by atoms with van der Waals surface area (Å²) >= 11 is 3.62. The standard InChI is InChI=1S/C12H21BrO3/c1-2-4-15-12-10(13)6-11(12)16-8-9-3-5-14-7-9/h9-12H,2-8H2,1H3. The summed E-state index contributed by atoms with van der Waals surface area (Å²) < 4.78 is 17.0. The van der Waals surface area contributed by atoms with Crippen LogP contribution in [0.1, 0.15) is 26.2 Å². The highest BCUT2D eigenvalue weighted by Gasteiger charge is 2.41. The van der Waals surface area contributed by atoms with Gasteiger partial charge in [-0.3, -0.25) is 0 Å². The van der Waals surface area contributed by atoms with Crippen molar-refractivity contribution < 1.29 is 14.2 Å². The van der Waals surface area contributed by atoms with E-state index in [2.05, 4.69) is 22.9 Å². The molecule has 0 aromatic rings. The second-order valence-corrected chi connectivity index (χ2v) is 5.86. The van der Waals surface area contributed by atoms with Gasteiger partial charge in [-0.05, 0) is 19.3 Å². The quantitative estimate of drug-likeness (QED) is 0.704. The first-order valence-corrected chi connectivity index (χ1v) is 7.18. The predicted molar refractivity (Wildman–Crippen MR) is 66.0 cm³/mol. The molecule has 0 bridgehead atoms. The van der Waals surface area contributed by atoms with Crippen molar-refractivity contribution in [1.29, 1.82) is 0 Å². The van der Waals surface area contributed by atoms with Crippen LogP contribution in [-0.2, 0) is 14.2 Å². The number of halogens is 1. The van der Waals surface area contributed by atoms with Crippen molar-refractivity contribution in [3.05, 3.63) is 0 Å². The first-order valence-electron chi connectivity index (χ1n) is 6.26. The lowest BCUT2D eigenvalue weighted by Crippen LogP contribution is -2.51. The summed E-state index contributed by atoms with van der Waals surface area (Å²) in [6.45, 7) is 5.56. The third-order valence-corrected chi connectivity index (χ3v) is 4.16. The Balaban J connectivity index is 1.64. The molecule has 0 aromatic carbocycles. The van der Waals surface area contributed by atoms with Crippen LogP contribution in [0.3, 0.4) is 0 Å². The fourth-order valence-electron chi connectivity index (χ4n) is 2.13. The first-order chi connectivity index (χ1) is 7.81. The van der Waals surface area contributed by atoms with Gasteiger partial charge in [-0.15, -0.1) is 0 Å². The van der Waals surface area contributed by atoms with E-state index in [1.165, 1.54) is 0 Å². The third-order valence-electron chi connectivity index (χ3n) is 3.26. The van der Waals surface area contributed by atoms with Crippen LogP contribution >= 0.6 is 15.9 Å². The van der Waals surface area contributed by atoms with E-state index < -0.39 is 0 Å². The van der Waals surface area contributed by atoms with Gasteiger partial charge in [-0.25, -0.2) is 0 Å². The summed E-state index contributed by atoms with van der Waals surface area (Å²) in [7, 11) is 0. The lowest BCUT2D eigenvalue weighted by molar-refractivity contribution is -0.127. The Kier molecular flexibility index (Phi) is 5.07. The zero-order chi connectivity index (χ0) is 11.4. The van der Waals surface area contributed by atoms with Crippen LogP contribution in [-0.4, -0.2) is 43.5 Å². The average Bonchev–Trinajstić information content (AvgIpc) is 2.77. The number of hydrogen-bond donors (Lipinski definition) is 0. The zero-order valence-electron chi connectivity index (χ0n) is 9.86. The van der Waals surface area contributed by atoms with Crippen molar-refractivity contribution in [1.82, 2.24) is 0 Å². The molecule has 4 atom stereocenters. The topological polar surface area (TPSA) is 27.7 Å². The molecule has 4 unspecified atom stereocenters. The Morgan fingerprint density at radius 1 is 1.38 bits per heavy atom. The highest BCUT2D eigenvalue weighted by molar-refractivity contribution is 9.09. The van der Waals surface area contributed by atoms with Gasteiger partial charge in [0.2, 0.25) is 0 Å². The van der Waals surface area contributed by atoms with Crippen LogP contribution in [0.2, 0.25) is 0 Å². The van der Waals surface area contributed by atoms with Crippen LogP contribution in [0.25, 0.3) is 0 Å². The van der Waals surface area contributed by atoms with E-state index in [9.17, 15) is 0 Å². The van der Waals surface area contributed by atoms with E-state index >= 15 is 0 Å². The second-order valence-electron chi connectivity index (χ2n) is 4.69. The molecule has 4 heteroatoms. The van der Waals surface area contributed by atoms with E-state index in [4.69, 9.17) is 14.2 Å². The maximum absolute atomic E-state index is 5.91. The molecule has 2 fully saturated rings. The maximum Gasteiger partial charge on any atom is 0.0962 e. The van der Waals surface area contributed by atoms with Crippen LogP contribution in [0.4, 0.5) is 0 Å². The van der Waals surface area contributed by atoms with Gasteiger partial charge in [-0.2, -0.15) is 0 Å². The van der Waals surface area contributed by atoms with Crippen LogP contribution in [0.5, 0.6) is 0 Å². The highest BCUT2D eigenvalue weighted by atomic mass is 79.9. The van der Waals surface area contributed by atoms with Crippen molar-refractivity contribution in [2.45, 2.75) is 43.2 Å². The Morgan fingerprint density at radius 2 is 2.25 bits per heavy atom. The van der Waals surface area contributed by atoms with Gasteiger partial charge in [0.05, 0.1) is 25.4 Å². The van der Waals surface area contributed by atoms with Gasteiger partial charge in [0.1, 0.15) is 0 Å². The molecular formula is C12H21BrO3. The van der Waals surface area contributed by atoms with Crippen molar-refractivity contribution in [2.75, 3.05) is 26.4 Å². The molecule has 0 N–H and O–H groups in total. The normalized spacial score (nSPS) is 38.6. The van der Waals surface area contributed by atoms with Crippen LogP contribution in [0, 0.1) is 5.92 Å². The Bertz CT molecular complexity index is 206. The Morgan fingerprint density at radius 3 is 2.88 bits per heavy atom. The fraction of sp³-hybridized carbons (Fsp3) is 1.00. The molecule has 16 heavy (non-hydrogen) atoms. The van der Waals surface area contributed by atoms with Crippen LogP contribution in [0.15, 0.2) is 0 Å². The van der Waals surface area contributed by atoms with Gasteiger partial charge in [-0.1, -0.05) is 22.9 Å². The summed E-state index contributed by atoms with van der Waals surface area (Å²) in [4.78, 5) is 0.476. The van der Waals surface area contributed by atoms with E-state index in [1.807, 2.05) is 0 Å². The van der Waals surface area contributed by atoms with Crippen molar-refractivity contribution in [3.8, 4) is 0 Å². The molecule has 1 saturated heterocycles. The van der Waals surface area contributed by atoms with Crippen molar-refractivity contribution >= 4 is 15.9 Å². The molecule has 1 aliphatic carbocycles. The molecule has 1 heterocycles. The molecule has 0 spiro atoms. The van der Waals surface area contributed by atoms with Crippen molar-refractivity contribution in [2.24, 2.45) is 5.92 Å². The Hall–Kier alpha value is 0.360. The van der Waals surface area contributed by atoms with Gasteiger partial charge in [0.25, 0.3) is 0 Å². The Labute approximate surface area is 106 Å². The zero-order valence-corrected chi connectivity index (χ0v) is 11.4. The average molecular weight is 293 g/mol. The smallest absolute Gasteiger partial charge is 0.0962 e. The summed E-state index contributed by atoms with van der Waals surface area (Å²) in [5, 5.41) is 0. The van der Waals surface area contributed by atoms with Gasteiger partial charge in [0, 0.05) is 24.0 Å². The molecule has 94 valence electrons. The lowest BCUT2D eigenvalue weighted by Gasteiger charge is -2.41. The molecule has 0 amide bonds. The van der Waals surface area contributed by atoms with Gasteiger partial charge < -0.3 is 14.2 Å². The molecule has 0 radical (unpaired) electrons. The summed E-state index contributed by atoms with van der Waals surface area (Å²) in [5.41, 5.74) is 0. The minimum atomic E-state index is 0.252. The monoisotopic (exact) mass is 292 g/mol. The largest absolute Gasteiger partial charge is 0.381 e. The lowest BCUT2D eigenvalue weighted by atomic mass is 9.91. The maximum atomic E-state index is 5.91. The number of hydrogen-bond acceptors (Lipinski definition) is 3. The van der Waals surface area contributed by atoms with E-state index in [-0.39, 0.29) is 12.2 Å². The molecule has 2 rings (SSSR count). The fourth-order valence-corrected chi connectivity index (χ4v) is 2.99. The molecule has 2 aliphatic rings. The van der Waals surface area contributed by atoms with E-state index in [0.29, 0.717) is 10.7 Å².